The molecule has 0 aliphatic heterocycles. The first-order valence-electron chi connectivity index (χ1n) is 7.65. The minimum Gasteiger partial charge on any atom is -0.352 e. The number of carbonyl (C=O) groups excluding carboxylic acids is 1. The molecule has 0 heterocycles. The van der Waals surface area contributed by atoms with Crippen LogP contribution in [-0.4, -0.2) is 18.5 Å². The van der Waals surface area contributed by atoms with Crippen molar-refractivity contribution in [1.82, 2.24) is 5.32 Å². The van der Waals surface area contributed by atoms with Gasteiger partial charge in [-0.25, -0.2) is 0 Å². The number of hydrogen-bond acceptors (Lipinski definition) is 2. The summed E-state index contributed by atoms with van der Waals surface area (Å²) < 4.78 is 0. The standard InChI is InChI=1S/C17H26N2O/c1-12(2)9-13-3-5-14(6-4-13)10-17(20)19-16(11-18)15-7-8-15/h3-6,12,15-16H,7-11,18H2,1-2H3,(H,19,20). The van der Waals surface area contributed by atoms with Gasteiger partial charge in [-0.2, -0.15) is 0 Å². The fourth-order valence-electron chi connectivity index (χ4n) is 2.58. The van der Waals surface area contributed by atoms with E-state index in [2.05, 4.69) is 43.4 Å². The number of amides is 1. The van der Waals surface area contributed by atoms with Crippen LogP contribution in [0.25, 0.3) is 0 Å². The largest absolute Gasteiger partial charge is 0.352 e. The van der Waals surface area contributed by atoms with Crippen molar-refractivity contribution in [3.63, 3.8) is 0 Å². The quantitative estimate of drug-likeness (QED) is 0.801. The Balaban J connectivity index is 1.84. The molecule has 1 amide bonds. The van der Waals surface area contributed by atoms with Gasteiger partial charge in [-0.3, -0.25) is 4.79 Å². The molecule has 1 unspecified atom stereocenters. The third kappa shape index (κ3) is 4.64. The fourth-order valence-corrected chi connectivity index (χ4v) is 2.58. The van der Waals surface area contributed by atoms with Gasteiger partial charge in [-0.05, 0) is 42.2 Å². The number of carbonyl (C=O) groups is 1. The molecule has 0 saturated heterocycles. The Bertz CT molecular complexity index is 435. The van der Waals surface area contributed by atoms with Crippen LogP contribution in [0, 0.1) is 11.8 Å². The summed E-state index contributed by atoms with van der Waals surface area (Å²) in [5, 5.41) is 3.06. The second kappa shape index (κ2) is 6.89. The zero-order valence-electron chi connectivity index (χ0n) is 12.6. The molecule has 1 fully saturated rings. The van der Waals surface area contributed by atoms with Gasteiger partial charge in [0.15, 0.2) is 0 Å². The minimum atomic E-state index is 0.0870. The van der Waals surface area contributed by atoms with Crippen LogP contribution >= 0.6 is 0 Å². The molecule has 0 spiro atoms. The van der Waals surface area contributed by atoms with Gasteiger partial charge in [0.05, 0.1) is 6.42 Å². The molecule has 20 heavy (non-hydrogen) atoms. The third-order valence-corrected chi connectivity index (χ3v) is 3.82. The van der Waals surface area contributed by atoms with E-state index in [-0.39, 0.29) is 11.9 Å². The second-order valence-corrected chi connectivity index (χ2v) is 6.34. The van der Waals surface area contributed by atoms with E-state index in [1.807, 2.05) is 0 Å². The lowest BCUT2D eigenvalue weighted by atomic mass is 10.0. The first-order chi connectivity index (χ1) is 9.58. The van der Waals surface area contributed by atoms with Gasteiger partial charge in [0, 0.05) is 12.6 Å². The smallest absolute Gasteiger partial charge is 0.224 e. The van der Waals surface area contributed by atoms with E-state index in [1.54, 1.807) is 0 Å². The second-order valence-electron chi connectivity index (χ2n) is 6.34. The number of hydrogen-bond donors (Lipinski definition) is 2. The van der Waals surface area contributed by atoms with E-state index in [4.69, 9.17) is 5.73 Å². The molecule has 0 aromatic heterocycles. The monoisotopic (exact) mass is 274 g/mol. The molecule has 2 rings (SSSR count). The first-order valence-corrected chi connectivity index (χ1v) is 7.65. The summed E-state index contributed by atoms with van der Waals surface area (Å²) >= 11 is 0. The van der Waals surface area contributed by atoms with Gasteiger partial charge in [-0.15, -0.1) is 0 Å². The van der Waals surface area contributed by atoms with Crippen LogP contribution in [0.2, 0.25) is 0 Å². The molecule has 0 radical (unpaired) electrons. The van der Waals surface area contributed by atoms with Crippen molar-refractivity contribution in [2.75, 3.05) is 6.54 Å². The van der Waals surface area contributed by atoms with Gasteiger partial charge in [0.25, 0.3) is 0 Å². The summed E-state index contributed by atoms with van der Waals surface area (Å²) in [4.78, 5) is 12.0. The molecule has 0 bridgehead atoms. The lowest BCUT2D eigenvalue weighted by Gasteiger charge is -2.16. The molecule has 110 valence electrons. The Morgan fingerprint density at radius 1 is 1.25 bits per heavy atom. The molecular formula is C17H26N2O. The topological polar surface area (TPSA) is 55.1 Å². The van der Waals surface area contributed by atoms with Crippen LogP contribution in [0.5, 0.6) is 0 Å². The first kappa shape index (κ1) is 15.0. The average molecular weight is 274 g/mol. The van der Waals surface area contributed by atoms with E-state index in [9.17, 15) is 4.79 Å². The normalized spacial score (nSPS) is 16.2. The molecular weight excluding hydrogens is 248 g/mol. The van der Waals surface area contributed by atoms with E-state index in [0.717, 1.165) is 12.0 Å². The maximum Gasteiger partial charge on any atom is 0.224 e. The van der Waals surface area contributed by atoms with E-state index in [0.29, 0.717) is 24.8 Å². The van der Waals surface area contributed by atoms with Crippen molar-refractivity contribution in [2.45, 2.75) is 45.6 Å². The molecule has 3 N–H and O–H groups in total. The fraction of sp³-hybridized carbons (Fsp3) is 0.588. The molecule has 3 heteroatoms. The highest BCUT2D eigenvalue weighted by Crippen LogP contribution is 2.32. The van der Waals surface area contributed by atoms with E-state index < -0.39 is 0 Å². The van der Waals surface area contributed by atoms with Crippen LogP contribution in [0.4, 0.5) is 0 Å². The summed E-state index contributed by atoms with van der Waals surface area (Å²) in [5.74, 6) is 1.36. The van der Waals surface area contributed by atoms with Crippen LogP contribution in [0.1, 0.15) is 37.8 Å². The Morgan fingerprint density at radius 3 is 2.35 bits per heavy atom. The van der Waals surface area contributed by atoms with Crippen LogP contribution in [0.3, 0.4) is 0 Å². The van der Waals surface area contributed by atoms with Crippen LogP contribution in [0.15, 0.2) is 24.3 Å². The highest BCUT2D eigenvalue weighted by molar-refractivity contribution is 5.79. The van der Waals surface area contributed by atoms with Gasteiger partial charge in [0.1, 0.15) is 0 Å². The van der Waals surface area contributed by atoms with Crippen molar-refractivity contribution in [1.29, 1.82) is 0 Å². The molecule has 1 aliphatic carbocycles. The summed E-state index contributed by atoms with van der Waals surface area (Å²) in [6, 6.07) is 8.55. The predicted octanol–water partition coefficient (Wildman–Crippen LogP) is 2.28. The average Bonchev–Trinajstić information content (AvgIpc) is 3.22. The number of benzene rings is 1. The Kier molecular flexibility index (Phi) is 5.18. The SMILES string of the molecule is CC(C)Cc1ccc(CC(=O)NC(CN)C2CC2)cc1. The van der Waals surface area contributed by atoms with Crippen molar-refractivity contribution in [2.24, 2.45) is 17.6 Å². The van der Waals surface area contributed by atoms with Gasteiger partial charge in [0.2, 0.25) is 5.91 Å². The van der Waals surface area contributed by atoms with Crippen molar-refractivity contribution >= 4 is 5.91 Å². The zero-order valence-corrected chi connectivity index (χ0v) is 12.6. The van der Waals surface area contributed by atoms with Crippen molar-refractivity contribution < 1.29 is 4.79 Å². The molecule has 1 saturated carbocycles. The molecule has 3 nitrogen and oxygen atoms in total. The van der Waals surface area contributed by atoms with Crippen molar-refractivity contribution in [3.8, 4) is 0 Å². The maximum atomic E-state index is 12.0. The molecule has 1 aliphatic rings. The van der Waals surface area contributed by atoms with Crippen LogP contribution in [-0.2, 0) is 17.6 Å². The highest BCUT2D eigenvalue weighted by Gasteiger charge is 2.31. The summed E-state index contributed by atoms with van der Waals surface area (Å²) in [6.07, 6.45) is 3.94. The van der Waals surface area contributed by atoms with Crippen LogP contribution < -0.4 is 11.1 Å². The summed E-state index contributed by atoms with van der Waals surface area (Å²) in [5.41, 5.74) is 8.11. The summed E-state index contributed by atoms with van der Waals surface area (Å²) in [7, 11) is 0. The van der Waals surface area contributed by atoms with Gasteiger partial charge < -0.3 is 11.1 Å². The van der Waals surface area contributed by atoms with Crippen molar-refractivity contribution in [3.05, 3.63) is 35.4 Å². The molecule has 1 aromatic carbocycles. The van der Waals surface area contributed by atoms with Gasteiger partial charge in [-0.1, -0.05) is 38.1 Å². The lowest BCUT2D eigenvalue weighted by Crippen LogP contribution is -2.42. The van der Waals surface area contributed by atoms with Gasteiger partial charge >= 0.3 is 0 Å². The number of nitrogens with two attached hydrogens (primary N) is 1. The number of nitrogens with one attached hydrogen (secondary N) is 1. The molecule has 1 aromatic rings. The number of rotatable bonds is 7. The zero-order chi connectivity index (χ0) is 14.5. The third-order valence-electron chi connectivity index (χ3n) is 3.82. The lowest BCUT2D eigenvalue weighted by molar-refractivity contribution is -0.121. The highest BCUT2D eigenvalue weighted by atomic mass is 16.1. The Labute approximate surface area is 121 Å². The Morgan fingerprint density at radius 2 is 1.85 bits per heavy atom. The Hall–Kier alpha value is -1.35. The summed E-state index contributed by atoms with van der Waals surface area (Å²) in [6.45, 7) is 4.97. The maximum absolute atomic E-state index is 12.0. The predicted molar refractivity (Wildman–Crippen MR) is 82.4 cm³/mol. The minimum absolute atomic E-state index is 0.0870. The molecule has 1 atom stereocenters. The van der Waals surface area contributed by atoms with E-state index >= 15 is 0 Å². The van der Waals surface area contributed by atoms with E-state index in [1.165, 1.54) is 18.4 Å².